The van der Waals surface area contributed by atoms with Crippen molar-refractivity contribution in [2.24, 2.45) is 0 Å². The number of hydrogen-bond donors (Lipinski definition) is 3. The minimum atomic E-state index is -3.80. The van der Waals surface area contributed by atoms with Crippen LogP contribution in [0.4, 0.5) is 14.5 Å². The Morgan fingerprint density at radius 1 is 1.33 bits per heavy atom. The number of anilines is 1. The highest BCUT2D eigenvalue weighted by molar-refractivity contribution is 7.89. The molecule has 11 nitrogen and oxygen atoms in total. The standard InChI is InChI=1S/C20H23F2N7O2S2.CH2O2/c1-20(4-5-20)27-33(30,31)13-6-14(28-9-11-2-3-12(28)7-23-11)15-8-24-17(29(15)10-13)19-26-25-18(32-19)16(21)22;2-1-3/h6,8,10-12,16,23,27H,2-5,7,9H2,1H3;1H,(H,2,3). The fourth-order valence-electron chi connectivity index (χ4n) is 4.68. The number of piperazine rings is 1. The lowest BCUT2D eigenvalue weighted by Crippen LogP contribution is -2.61. The van der Waals surface area contributed by atoms with Gasteiger partial charge >= 0.3 is 0 Å². The van der Waals surface area contributed by atoms with Gasteiger partial charge in [-0.25, -0.2) is 26.9 Å². The molecule has 3 N–H and O–H groups in total. The number of fused-ring (bicyclic) bond motifs is 4. The molecule has 15 heteroatoms. The number of halogens is 2. The van der Waals surface area contributed by atoms with Crippen molar-refractivity contribution in [2.75, 3.05) is 18.0 Å². The first-order valence-corrected chi connectivity index (χ1v) is 13.7. The normalized spacial score (nSPS) is 22.5. The van der Waals surface area contributed by atoms with Crippen LogP contribution in [0.25, 0.3) is 16.3 Å². The van der Waals surface area contributed by atoms with Gasteiger partial charge in [-0.15, -0.1) is 10.2 Å². The van der Waals surface area contributed by atoms with Crippen LogP contribution in [0.15, 0.2) is 23.4 Å². The summed E-state index contributed by atoms with van der Waals surface area (Å²) in [6.07, 6.45) is 4.11. The molecule has 1 aliphatic carbocycles. The fourth-order valence-corrected chi connectivity index (χ4v) is 6.85. The lowest BCUT2D eigenvalue weighted by molar-refractivity contribution is -0.122. The number of rotatable bonds is 6. The second-order valence-corrected chi connectivity index (χ2v) is 12.1. The number of carboxylic acid groups (broad SMARTS) is 1. The molecule has 3 saturated heterocycles. The van der Waals surface area contributed by atoms with Gasteiger partial charge in [0.05, 0.1) is 17.4 Å². The van der Waals surface area contributed by atoms with E-state index in [0.29, 0.717) is 17.4 Å². The van der Waals surface area contributed by atoms with Crippen LogP contribution in [0, 0.1) is 0 Å². The van der Waals surface area contributed by atoms with E-state index < -0.39 is 27.0 Å². The molecule has 2 unspecified atom stereocenters. The van der Waals surface area contributed by atoms with Crippen LogP contribution in [-0.2, 0) is 14.8 Å². The number of piperidine rings is 2. The Morgan fingerprint density at radius 2 is 2.08 bits per heavy atom. The molecular formula is C21H25F2N7O4S2. The Bertz CT molecular complexity index is 1380. The maximum absolute atomic E-state index is 13.3. The van der Waals surface area contributed by atoms with Crippen LogP contribution in [0.5, 0.6) is 0 Å². The Hall–Kier alpha value is -2.75. The average molecular weight is 542 g/mol. The molecule has 3 aromatic rings. The summed E-state index contributed by atoms with van der Waals surface area (Å²) in [4.78, 5) is 15.2. The van der Waals surface area contributed by atoms with Crippen molar-refractivity contribution in [2.45, 2.75) is 61.6 Å². The van der Waals surface area contributed by atoms with E-state index in [9.17, 15) is 17.2 Å². The molecule has 1 saturated carbocycles. The molecule has 194 valence electrons. The van der Waals surface area contributed by atoms with Crippen molar-refractivity contribution < 1.29 is 27.1 Å². The average Bonchev–Trinajstić information content (AvgIpc) is 3.24. The molecule has 3 aliphatic heterocycles. The van der Waals surface area contributed by atoms with Crippen molar-refractivity contribution in [3.05, 3.63) is 23.5 Å². The Labute approximate surface area is 209 Å². The van der Waals surface area contributed by atoms with Crippen molar-refractivity contribution in [3.63, 3.8) is 0 Å². The van der Waals surface area contributed by atoms with E-state index in [2.05, 4.69) is 30.1 Å². The maximum atomic E-state index is 13.3. The molecule has 2 bridgehead atoms. The monoisotopic (exact) mass is 541 g/mol. The summed E-state index contributed by atoms with van der Waals surface area (Å²) in [5.41, 5.74) is 1.06. The van der Waals surface area contributed by atoms with Gasteiger partial charge in [-0.2, -0.15) is 0 Å². The highest BCUT2D eigenvalue weighted by atomic mass is 32.2. The Morgan fingerprint density at radius 3 is 2.64 bits per heavy atom. The zero-order chi connectivity index (χ0) is 25.7. The number of sulfonamides is 1. The topological polar surface area (TPSA) is 142 Å². The van der Waals surface area contributed by atoms with Crippen molar-refractivity contribution >= 4 is 39.0 Å². The third-order valence-corrected chi connectivity index (χ3v) is 9.29. The largest absolute Gasteiger partial charge is 0.483 e. The zero-order valence-corrected chi connectivity index (χ0v) is 20.9. The SMILES string of the molecule is CC1(NS(=O)(=O)c2cc(N3CC4CCC3CN4)c3cnc(-c4nnc(C(F)F)s4)n3c2)CC1.O=CO. The van der Waals surface area contributed by atoms with Crippen LogP contribution in [0.3, 0.4) is 0 Å². The Kier molecular flexibility index (Phi) is 6.43. The third kappa shape index (κ3) is 4.67. The summed E-state index contributed by atoms with van der Waals surface area (Å²) in [5.74, 6) is 0.297. The van der Waals surface area contributed by atoms with E-state index in [4.69, 9.17) is 9.90 Å². The molecule has 7 rings (SSSR count). The molecule has 0 radical (unpaired) electrons. The fraction of sp³-hybridized carbons (Fsp3) is 0.524. The van der Waals surface area contributed by atoms with Crippen LogP contribution in [0.1, 0.15) is 44.0 Å². The molecule has 4 fully saturated rings. The molecule has 0 aromatic carbocycles. The summed E-state index contributed by atoms with van der Waals surface area (Å²) in [7, 11) is -3.80. The van der Waals surface area contributed by atoms with Gasteiger partial charge in [-0.3, -0.25) is 9.20 Å². The van der Waals surface area contributed by atoms with Gasteiger partial charge in [0, 0.05) is 36.9 Å². The number of hydrogen-bond acceptors (Lipinski definition) is 9. The predicted molar refractivity (Wildman–Crippen MR) is 128 cm³/mol. The third-order valence-electron chi connectivity index (χ3n) is 6.76. The maximum Gasteiger partial charge on any atom is 0.291 e. The molecule has 0 spiro atoms. The molecular weight excluding hydrogens is 516 g/mol. The molecule has 4 aliphatic rings. The van der Waals surface area contributed by atoms with Gasteiger partial charge < -0.3 is 15.3 Å². The molecule has 0 amide bonds. The number of nitrogens with zero attached hydrogens (tertiary/aromatic N) is 5. The van der Waals surface area contributed by atoms with Gasteiger partial charge in [0.1, 0.15) is 4.90 Å². The minimum Gasteiger partial charge on any atom is -0.483 e. The lowest BCUT2D eigenvalue weighted by atomic mass is 9.92. The number of aromatic nitrogens is 4. The first-order valence-electron chi connectivity index (χ1n) is 11.4. The van der Waals surface area contributed by atoms with Crippen molar-refractivity contribution in [1.29, 1.82) is 0 Å². The number of carbonyl (C=O) groups is 1. The Balaban J connectivity index is 0.000000848. The highest BCUT2D eigenvalue weighted by Gasteiger charge is 2.42. The molecule has 36 heavy (non-hydrogen) atoms. The quantitative estimate of drug-likeness (QED) is 0.401. The van der Waals surface area contributed by atoms with Crippen LogP contribution < -0.4 is 14.9 Å². The highest BCUT2D eigenvalue weighted by Crippen LogP contribution is 2.39. The second-order valence-electron chi connectivity index (χ2n) is 9.40. The zero-order valence-electron chi connectivity index (χ0n) is 19.3. The summed E-state index contributed by atoms with van der Waals surface area (Å²) in [6, 6.07) is 2.30. The lowest BCUT2D eigenvalue weighted by Gasteiger charge is -2.47. The molecule has 6 heterocycles. The van der Waals surface area contributed by atoms with Gasteiger partial charge in [-0.1, -0.05) is 11.3 Å². The minimum absolute atomic E-state index is 0.116. The van der Waals surface area contributed by atoms with Crippen LogP contribution in [-0.4, -0.2) is 70.3 Å². The van der Waals surface area contributed by atoms with E-state index in [1.54, 1.807) is 16.7 Å². The summed E-state index contributed by atoms with van der Waals surface area (Å²) in [6.45, 7) is 3.23. The number of alkyl halides is 2. The van der Waals surface area contributed by atoms with Crippen molar-refractivity contribution in [3.8, 4) is 10.8 Å². The summed E-state index contributed by atoms with van der Waals surface area (Å²) in [5, 5.41) is 17.7. The van der Waals surface area contributed by atoms with Crippen LogP contribution >= 0.6 is 11.3 Å². The van der Waals surface area contributed by atoms with Gasteiger partial charge in [0.15, 0.2) is 15.8 Å². The van der Waals surface area contributed by atoms with E-state index >= 15 is 0 Å². The van der Waals surface area contributed by atoms with E-state index in [-0.39, 0.29) is 22.4 Å². The number of imidazole rings is 1. The smallest absolute Gasteiger partial charge is 0.291 e. The van der Waals surface area contributed by atoms with E-state index in [0.717, 1.165) is 55.8 Å². The van der Waals surface area contributed by atoms with Gasteiger partial charge in [0.2, 0.25) is 10.0 Å². The van der Waals surface area contributed by atoms with Crippen molar-refractivity contribution in [1.82, 2.24) is 29.6 Å². The van der Waals surface area contributed by atoms with E-state index in [1.807, 2.05) is 6.92 Å². The number of pyridine rings is 1. The van der Waals surface area contributed by atoms with Crippen LogP contribution in [0.2, 0.25) is 0 Å². The van der Waals surface area contributed by atoms with Gasteiger partial charge in [0.25, 0.3) is 12.9 Å². The summed E-state index contributed by atoms with van der Waals surface area (Å²) >= 11 is 0.756. The predicted octanol–water partition coefficient (Wildman–Crippen LogP) is 2.26. The first kappa shape index (κ1) is 24.9. The van der Waals surface area contributed by atoms with E-state index in [1.165, 1.54) is 6.20 Å². The van der Waals surface area contributed by atoms with Gasteiger partial charge in [-0.05, 0) is 38.7 Å². The molecule has 2 atom stereocenters. The molecule has 3 aromatic heterocycles. The second kappa shape index (κ2) is 9.28. The first-order chi connectivity index (χ1) is 17.1. The number of nitrogens with one attached hydrogen (secondary N) is 2. The summed E-state index contributed by atoms with van der Waals surface area (Å²) < 4.78 is 57.2.